The molecule has 0 unspecified atom stereocenters. The number of nitrogens with zero attached hydrogens (tertiary/aromatic N) is 4. The number of nitrogens with one attached hydrogen (secondary N) is 1. The normalized spacial score (nSPS) is 11.2. The van der Waals surface area contributed by atoms with Crippen molar-refractivity contribution in [2.24, 2.45) is 0 Å². The van der Waals surface area contributed by atoms with Crippen LogP contribution in [0, 0.1) is 6.92 Å². The topological polar surface area (TPSA) is 86.0 Å². The van der Waals surface area contributed by atoms with E-state index in [0.29, 0.717) is 24.1 Å². The number of aryl methyl sites for hydroxylation is 1. The van der Waals surface area contributed by atoms with Crippen molar-refractivity contribution in [2.45, 2.75) is 33.4 Å². The van der Waals surface area contributed by atoms with E-state index in [4.69, 9.17) is 14.1 Å². The Kier molecular flexibility index (Phi) is 5.91. The Morgan fingerprint density at radius 3 is 2.47 bits per heavy atom. The molecule has 3 aromatic carbocycles. The third kappa shape index (κ3) is 4.73. The molecule has 0 saturated carbocycles. The Bertz CT molecular complexity index is 1430. The summed E-state index contributed by atoms with van der Waals surface area (Å²) < 4.78 is 11.7. The average Bonchev–Trinajstić information content (AvgIpc) is 3.33. The molecule has 2 heterocycles. The van der Waals surface area contributed by atoms with Gasteiger partial charge in [-0.2, -0.15) is 0 Å². The predicted molar refractivity (Wildman–Crippen MR) is 133 cm³/mol. The number of fused-ring (bicyclic) bond motifs is 1. The van der Waals surface area contributed by atoms with Crippen LogP contribution in [0.25, 0.3) is 34.1 Å². The van der Waals surface area contributed by atoms with E-state index < -0.39 is 0 Å². The third-order valence-corrected chi connectivity index (χ3v) is 5.24. The summed E-state index contributed by atoms with van der Waals surface area (Å²) in [6, 6.07) is 23.8. The summed E-state index contributed by atoms with van der Waals surface area (Å²) in [4.78, 5) is 9.39. The molecular weight excluding hydrogens is 426 g/mol. The number of ether oxygens (including phenoxy) is 1. The maximum absolute atomic E-state index is 5.93. The fourth-order valence-corrected chi connectivity index (χ4v) is 3.66. The van der Waals surface area contributed by atoms with Crippen molar-refractivity contribution in [2.75, 3.05) is 5.32 Å². The van der Waals surface area contributed by atoms with Gasteiger partial charge in [-0.3, -0.25) is 0 Å². The Hall–Kier alpha value is -4.26. The number of para-hydroxylation sites is 1. The van der Waals surface area contributed by atoms with Crippen LogP contribution in [0.15, 0.2) is 77.2 Å². The number of hydrogen-bond donors (Lipinski definition) is 1. The van der Waals surface area contributed by atoms with E-state index >= 15 is 0 Å². The second-order valence-electron chi connectivity index (χ2n) is 8.36. The second kappa shape index (κ2) is 9.31. The molecule has 7 heteroatoms. The molecule has 2 aromatic heterocycles. The van der Waals surface area contributed by atoms with Gasteiger partial charge in [-0.05, 0) is 62.7 Å². The van der Waals surface area contributed by atoms with Gasteiger partial charge in [0, 0.05) is 17.5 Å². The van der Waals surface area contributed by atoms with E-state index in [0.717, 1.165) is 33.3 Å². The van der Waals surface area contributed by atoms with Crippen molar-refractivity contribution in [1.82, 2.24) is 20.2 Å². The average molecular weight is 452 g/mol. The lowest BCUT2D eigenvalue weighted by molar-refractivity contribution is 0.242. The maximum atomic E-state index is 5.93. The number of aromatic nitrogens is 4. The van der Waals surface area contributed by atoms with Gasteiger partial charge < -0.3 is 14.5 Å². The first-order chi connectivity index (χ1) is 16.5. The molecule has 0 amide bonds. The first-order valence-corrected chi connectivity index (χ1v) is 11.2. The zero-order valence-corrected chi connectivity index (χ0v) is 19.3. The molecular formula is C27H25N5O2. The van der Waals surface area contributed by atoms with Crippen LogP contribution in [0.3, 0.4) is 0 Å². The number of rotatable bonds is 7. The lowest BCUT2D eigenvalue weighted by Gasteiger charge is -2.12. The van der Waals surface area contributed by atoms with Crippen LogP contribution in [0.2, 0.25) is 0 Å². The van der Waals surface area contributed by atoms with Crippen molar-refractivity contribution >= 4 is 16.7 Å². The van der Waals surface area contributed by atoms with Crippen LogP contribution in [0.4, 0.5) is 5.82 Å². The molecule has 5 rings (SSSR count). The molecule has 34 heavy (non-hydrogen) atoms. The summed E-state index contributed by atoms with van der Waals surface area (Å²) in [5.41, 5.74) is 3.89. The Morgan fingerprint density at radius 1 is 0.882 bits per heavy atom. The van der Waals surface area contributed by atoms with Crippen LogP contribution in [0.5, 0.6) is 5.75 Å². The minimum atomic E-state index is 0.144. The van der Waals surface area contributed by atoms with Gasteiger partial charge in [-0.25, -0.2) is 9.97 Å². The van der Waals surface area contributed by atoms with E-state index in [1.807, 2.05) is 93.6 Å². The highest BCUT2D eigenvalue weighted by atomic mass is 16.5. The van der Waals surface area contributed by atoms with Crippen LogP contribution >= 0.6 is 0 Å². The van der Waals surface area contributed by atoms with E-state index in [2.05, 4.69) is 20.5 Å². The summed E-state index contributed by atoms with van der Waals surface area (Å²) in [6.07, 6.45) is 0.144. The summed E-state index contributed by atoms with van der Waals surface area (Å²) in [6.45, 7) is 6.65. The molecule has 0 aliphatic heterocycles. The SMILES string of the molecule is Cc1cccc(-c2nnc(-c3nc(NCc4ccc(OC(C)C)cc4)c4ccccc4n3)o2)c1. The molecule has 0 fully saturated rings. The van der Waals surface area contributed by atoms with E-state index in [-0.39, 0.29) is 12.0 Å². The van der Waals surface area contributed by atoms with E-state index in [9.17, 15) is 0 Å². The van der Waals surface area contributed by atoms with Crippen molar-refractivity contribution in [3.8, 4) is 28.9 Å². The lowest BCUT2D eigenvalue weighted by Crippen LogP contribution is -2.06. The van der Waals surface area contributed by atoms with E-state index in [1.165, 1.54) is 0 Å². The fraction of sp³-hybridized carbons (Fsp3) is 0.185. The molecule has 170 valence electrons. The molecule has 0 saturated heterocycles. The highest BCUT2D eigenvalue weighted by molar-refractivity contribution is 5.90. The fourth-order valence-electron chi connectivity index (χ4n) is 3.66. The van der Waals surface area contributed by atoms with Crippen molar-refractivity contribution in [3.63, 3.8) is 0 Å². The Labute approximate surface area is 197 Å². The molecule has 0 radical (unpaired) electrons. The predicted octanol–water partition coefficient (Wildman–Crippen LogP) is 6.05. The summed E-state index contributed by atoms with van der Waals surface area (Å²) in [5, 5.41) is 12.8. The molecule has 0 bridgehead atoms. The smallest absolute Gasteiger partial charge is 0.286 e. The molecule has 0 spiro atoms. The molecule has 0 aliphatic carbocycles. The van der Waals surface area contributed by atoms with Gasteiger partial charge >= 0.3 is 0 Å². The Balaban J connectivity index is 1.43. The van der Waals surface area contributed by atoms with Gasteiger partial charge in [0.25, 0.3) is 5.89 Å². The highest BCUT2D eigenvalue weighted by Gasteiger charge is 2.16. The quantitative estimate of drug-likeness (QED) is 0.322. The van der Waals surface area contributed by atoms with Crippen LogP contribution in [-0.4, -0.2) is 26.3 Å². The van der Waals surface area contributed by atoms with Crippen LogP contribution in [0.1, 0.15) is 25.0 Å². The van der Waals surface area contributed by atoms with Gasteiger partial charge in [-0.15, -0.1) is 10.2 Å². The standard InChI is InChI=1S/C27H25N5O2/c1-17(2)33-21-13-11-19(12-14-21)16-28-24-22-9-4-5-10-23(22)29-25(30-24)27-32-31-26(34-27)20-8-6-7-18(3)15-20/h4-15,17H,16H2,1-3H3,(H,28,29,30). The highest BCUT2D eigenvalue weighted by Crippen LogP contribution is 2.27. The zero-order valence-electron chi connectivity index (χ0n) is 19.3. The molecule has 0 aliphatic rings. The van der Waals surface area contributed by atoms with Crippen molar-refractivity contribution < 1.29 is 9.15 Å². The van der Waals surface area contributed by atoms with Crippen molar-refractivity contribution in [1.29, 1.82) is 0 Å². The van der Waals surface area contributed by atoms with Crippen LogP contribution < -0.4 is 10.1 Å². The van der Waals surface area contributed by atoms with Gasteiger partial charge in [0.2, 0.25) is 11.7 Å². The molecule has 5 aromatic rings. The van der Waals surface area contributed by atoms with Crippen molar-refractivity contribution in [3.05, 3.63) is 83.9 Å². The minimum absolute atomic E-state index is 0.144. The second-order valence-corrected chi connectivity index (χ2v) is 8.36. The van der Waals surface area contributed by atoms with Gasteiger partial charge in [0.15, 0.2) is 0 Å². The van der Waals surface area contributed by atoms with Gasteiger partial charge in [-0.1, -0.05) is 42.0 Å². The monoisotopic (exact) mass is 451 g/mol. The number of hydrogen-bond acceptors (Lipinski definition) is 7. The van der Waals surface area contributed by atoms with Crippen LogP contribution in [-0.2, 0) is 6.54 Å². The molecule has 1 N–H and O–H groups in total. The zero-order chi connectivity index (χ0) is 23.5. The lowest BCUT2D eigenvalue weighted by atomic mass is 10.1. The summed E-state index contributed by atoms with van der Waals surface area (Å²) >= 11 is 0. The van der Waals surface area contributed by atoms with E-state index in [1.54, 1.807) is 0 Å². The molecule has 7 nitrogen and oxygen atoms in total. The number of benzene rings is 3. The minimum Gasteiger partial charge on any atom is -0.491 e. The Morgan fingerprint density at radius 2 is 1.68 bits per heavy atom. The summed E-state index contributed by atoms with van der Waals surface area (Å²) in [5.74, 6) is 2.66. The van der Waals surface area contributed by atoms with Gasteiger partial charge in [0.1, 0.15) is 11.6 Å². The van der Waals surface area contributed by atoms with Gasteiger partial charge in [0.05, 0.1) is 11.6 Å². The largest absolute Gasteiger partial charge is 0.491 e. The first-order valence-electron chi connectivity index (χ1n) is 11.2. The first kappa shape index (κ1) is 21.6. The third-order valence-electron chi connectivity index (χ3n) is 5.24. The number of anilines is 1. The maximum Gasteiger partial charge on any atom is 0.286 e. The summed E-state index contributed by atoms with van der Waals surface area (Å²) in [7, 11) is 0. The molecule has 0 atom stereocenters.